The van der Waals surface area contributed by atoms with Crippen LogP contribution in [0.5, 0.6) is 0 Å². The molecule has 2 rings (SSSR count). The number of nitrogen functional groups attached to an aromatic ring is 1. The number of hydrogen-bond acceptors (Lipinski definition) is 2. The molecule has 20 heavy (non-hydrogen) atoms. The molecule has 0 heterocycles. The minimum absolute atomic E-state index is 0.156. The van der Waals surface area contributed by atoms with E-state index in [1.807, 2.05) is 6.92 Å². The zero-order chi connectivity index (χ0) is 14.7. The summed E-state index contributed by atoms with van der Waals surface area (Å²) in [7, 11) is 0. The Labute approximate surface area is 115 Å². The van der Waals surface area contributed by atoms with Crippen molar-refractivity contribution in [3.05, 3.63) is 64.7 Å². The molecule has 104 valence electrons. The van der Waals surface area contributed by atoms with Crippen LogP contribution in [0.4, 0.5) is 14.5 Å². The molecule has 2 aromatic carbocycles. The van der Waals surface area contributed by atoms with Gasteiger partial charge in [-0.3, -0.25) is 4.79 Å². The molecular formula is C15H14F2N2O. The number of nitrogens with two attached hydrogens (primary N) is 1. The van der Waals surface area contributed by atoms with E-state index >= 15 is 0 Å². The van der Waals surface area contributed by atoms with Crippen LogP contribution in [0.15, 0.2) is 36.4 Å². The fourth-order valence-electron chi connectivity index (χ4n) is 1.87. The van der Waals surface area contributed by atoms with Crippen molar-refractivity contribution in [1.82, 2.24) is 5.32 Å². The second kappa shape index (κ2) is 5.69. The highest BCUT2D eigenvalue weighted by atomic mass is 19.1. The van der Waals surface area contributed by atoms with Gasteiger partial charge in [0, 0.05) is 12.2 Å². The first-order chi connectivity index (χ1) is 9.50. The van der Waals surface area contributed by atoms with E-state index in [9.17, 15) is 13.6 Å². The largest absolute Gasteiger partial charge is 0.399 e. The first-order valence-electron chi connectivity index (χ1n) is 6.07. The molecule has 0 fully saturated rings. The van der Waals surface area contributed by atoms with Crippen molar-refractivity contribution < 1.29 is 13.6 Å². The highest BCUT2D eigenvalue weighted by molar-refractivity contribution is 5.94. The Morgan fingerprint density at radius 3 is 2.40 bits per heavy atom. The topological polar surface area (TPSA) is 55.1 Å². The molecule has 0 bridgehead atoms. The number of carbonyl (C=O) groups excluding carboxylic acids is 1. The summed E-state index contributed by atoms with van der Waals surface area (Å²) in [6.07, 6.45) is 0. The second-order valence-corrected chi connectivity index (χ2v) is 4.41. The highest BCUT2D eigenvalue weighted by Gasteiger charge is 2.16. The predicted molar refractivity (Wildman–Crippen MR) is 73.1 cm³/mol. The summed E-state index contributed by atoms with van der Waals surface area (Å²) >= 11 is 0. The summed E-state index contributed by atoms with van der Waals surface area (Å²) < 4.78 is 26.9. The van der Waals surface area contributed by atoms with E-state index < -0.39 is 23.1 Å². The van der Waals surface area contributed by atoms with Gasteiger partial charge in [-0.25, -0.2) is 8.78 Å². The van der Waals surface area contributed by atoms with Crippen LogP contribution in [0.25, 0.3) is 0 Å². The minimum atomic E-state index is -0.883. The summed E-state index contributed by atoms with van der Waals surface area (Å²) in [4.78, 5) is 11.8. The molecule has 0 spiro atoms. The summed E-state index contributed by atoms with van der Waals surface area (Å²) in [6.45, 7) is 1.98. The minimum Gasteiger partial charge on any atom is -0.399 e. The summed E-state index contributed by atoms with van der Waals surface area (Å²) in [5, 5.41) is 2.49. The van der Waals surface area contributed by atoms with Gasteiger partial charge in [-0.2, -0.15) is 0 Å². The number of hydrogen-bond donors (Lipinski definition) is 2. The maximum Gasteiger partial charge on any atom is 0.257 e. The molecule has 0 aliphatic rings. The molecule has 0 aliphatic heterocycles. The standard InChI is InChI=1S/C15H14F2N2O/c1-9-10(4-2-7-13(9)18)8-19-15(20)14-11(16)5-3-6-12(14)17/h2-7H,8,18H2,1H3,(H,19,20). The van der Waals surface area contributed by atoms with Crippen LogP contribution in [0.1, 0.15) is 21.5 Å². The van der Waals surface area contributed by atoms with E-state index in [4.69, 9.17) is 5.73 Å². The number of halogens is 2. The Morgan fingerprint density at radius 2 is 1.75 bits per heavy atom. The van der Waals surface area contributed by atoms with Gasteiger partial charge >= 0.3 is 0 Å². The lowest BCUT2D eigenvalue weighted by Crippen LogP contribution is -2.25. The molecular weight excluding hydrogens is 262 g/mol. The third-order valence-corrected chi connectivity index (χ3v) is 3.12. The predicted octanol–water partition coefficient (Wildman–Crippen LogP) is 2.79. The maximum absolute atomic E-state index is 13.4. The molecule has 1 amide bonds. The van der Waals surface area contributed by atoms with Gasteiger partial charge in [0.05, 0.1) is 0 Å². The summed E-state index contributed by atoms with van der Waals surface area (Å²) in [6, 6.07) is 8.60. The monoisotopic (exact) mass is 276 g/mol. The number of carbonyl (C=O) groups is 1. The third kappa shape index (κ3) is 2.77. The quantitative estimate of drug-likeness (QED) is 0.847. The van der Waals surface area contributed by atoms with Crippen LogP contribution >= 0.6 is 0 Å². The van der Waals surface area contributed by atoms with Crippen LogP contribution in [0.2, 0.25) is 0 Å². The maximum atomic E-state index is 13.4. The first-order valence-corrected chi connectivity index (χ1v) is 6.07. The number of amides is 1. The fourth-order valence-corrected chi connectivity index (χ4v) is 1.87. The van der Waals surface area contributed by atoms with Crippen molar-refractivity contribution in [2.45, 2.75) is 13.5 Å². The van der Waals surface area contributed by atoms with Crippen LogP contribution in [-0.4, -0.2) is 5.91 Å². The molecule has 0 radical (unpaired) electrons. The molecule has 0 aliphatic carbocycles. The van der Waals surface area contributed by atoms with Gasteiger partial charge in [-0.1, -0.05) is 18.2 Å². The third-order valence-electron chi connectivity index (χ3n) is 3.12. The van der Waals surface area contributed by atoms with Gasteiger partial charge in [0.15, 0.2) is 0 Å². The zero-order valence-electron chi connectivity index (χ0n) is 10.9. The number of benzene rings is 2. The molecule has 2 aromatic rings. The van der Waals surface area contributed by atoms with Crippen LogP contribution in [0.3, 0.4) is 0 Å². The second-order valence-electron chi connectivity index (χ2n) is 4.41. The Hall–Kier alpha value is -2.43. The lowest BCUT2D eigenvalue weighted by Gasteiger charge is -2.10. The van der Waals surface area contributed by atoms with Crippen LogP contribution in [-0.2, 0) is 6.54 Å². The van der Waals surface area contributed by atoms with Gasteiger partial charge < -0.3 is 11.1 Å². The molecule has 0 unspecified atom stereocenters. The summed E-state index contributed by atoms with van der Waals surface area (Å²) in [5.41, 5.74) is 7.42. The van der Waals surface area contributed by atoms with Gasteiger partial charge in [0.25, 0.3) is 5.91 Å². The highest BCUT2D eigenvalue weighted by Crippen LogP contribution is 2.16. The van der Waals surface area contributed by atoms with Crippen molar-refractivity contribution in [1.29, 1.82) is 0 Å². The van der Waals surface area contributed by atoms with Crippen LogP contribution < -0.4 is 11.1 Å². The summed E-state index contributed by atoms with van der Waals surface area (Å²) in [5.74, 6) is -2.55. The Bertz CT molecular complexity index is 636. The number of anilines is 1. The van der Waals surface area contributed by atoms with Gasteiger partial charge in [0.1, 0.15) is 17.2 Å². The normalized spacial score (nSPS) is 10.3. The number of nitrogens with one attached hydrogen (secondary N) is 1. The Kier molecular flexibility index (Phi) is 3.98. The smallest absolute Gasteiger partial charge is 0.257 e. The van der Waals surface area contributed by atoms with Gasteiger partial charge in [-0.05, 0) is 36.2 Å². The molecule has 3 nitrogen and oxygen atoms in total. The van der Waals surface area contributed by atoms with E-state index in [1.165, 1.54) is 6.07 Å². The molecule has 0 saturated carbocycles. The SMILES string of the molecule is Cc1c(N)cccc1CNC(=O)c1c(F)cccc1F. The Morgan fingerprint density at radius 1 is 1.15 bits per heavy atom. The molecule has 0 saturated heterocycles. The molecule has 5 heteroatoms. The molecule has 3 N–H and O–H groups in total. The zero-order valence-corrected chi connectivity index (χ0v) is 10.9. The Balaban J connectivity index is 2.15. The van der Waals surface area contributed by atoms with E-state index in [0.717, 1.165) is 23.3 Å². The fraction of sp³-hybridized carbons (Fsp3) is 0.133. The van der Waals surface area contributed by atoms with Gasteiger partial charge in [-0.15, -0.1) is 0 Å². The van der Waals surface area contributed by atoms with E-state index in [2.05, 4.69) is 5.32 Å². The van der Waals surface area contributed by atoms with Crippen molar-refractivity contribution in [3.63, 3.8) is 0 Å². The molecule has 0 aromatic heterocycles. The van der Waals surface area contributed by atoms with Gasteiger partial charge in [0.2, 0.25) is 0 Å². The van der Waals surface area contributed by atoms with Crippen molar-refractivity contribution >= 4 is 11.6 Å². The average Bonchev–Trinajstić information content (AvgIpc) is 2.40. The molecule has 0 atom stereocenters. The average molecular weight is 276 g/mol. The van der Waals surface area contributed by atoms with Crippen molar-refractivity contribution in [2.75, 3.05) is 5.73 Å². The van der Waals surface area contributed by atoms with Crippen molar-refractivity contribution in [3.8, 4) is 0 Å². The van der Waals surface area contributed by atoms with E-state index in [1.54, 1.807) is 18.2 Å². The van der Waals surface area contributed by atoms with E-state index in [0.29, 0.717) is 5.69 Å². The van der Waals surface area contributed by atoms with Crippen molar-refractivity contribution in [2.24, 2.45) is 0 Å². The lowest BCUT2D eigenvalue weighted by atomic mass is 10.1. The first kappa shape index (κ1) is 14.0. The van der Waals surface area contributed by atoms with Crippen LogP contribution in [0, 0.1) is 18.6 Å². The van der Waals surface area contributed by atoms with E-state index in [-0.39, 0.29) is 6.54 Å². The number of rotatable bonds is 3. The lowest BCUT2D eigenvalue weighted by molar-refractivity contribution is 0.0942.